The van der Waals surface area contributed by atoms with E-state index in [2.05, 4.69) is 36.5 Å². The van der Waals surface area contributed by atoms with E-state index in [0.29, 0.717) is 18.4 Å². The topological polar surface area (TPSA) is 66.4 Å². The minimum atomic E-state index is -0.281. The Morgan fingerprint density at radius 3 is 2.48 bits per heavy atom. The zero-order valence-electron chi connectivity index (χ0n) is 15.4. The lowest BCUT2D eigenvalue weighted by Gasteiger charge is -2.34. The van der Waals surface area contributed by atoms with Crippen LogP contribution in [0.25, 0.3) is 0 Å². The zero-order valence-corrected chi connectivity index (χ0v) is 15.4. The largest absolute Gasteiger partial charge is 0.508 e. The van der Waals surface area contributed by atoms with E-state index in [1.165, 1.54) is 5.56 Å². The molecule has 0 bridgehead atoms. The number of phenolic OH excluding ortho intramolecular Hbond substituents is 1. The molecule has 1 aliphatic heterocycles. The zero-order chi connectivity index (χ0) is 19.0. The molecule has 2 N–H and O–H groups in total. The van der Waals surface area contributed by atoms with Crippen LogP contribution in [0, 0.1) is 0 Å². The number of carbonyl (C=O) groups excluding carboxylic acids is 2. The molecule has 0 aromatic heterocycles. The number of ketones is 1. The van der Waals surface area contributed by atoms with Crippen LogP contribution in [0.2, 0.25) is 0 Å². The first-order chi connectivity index (χ1) is 13.0. The summed E-state index contributed by atoms with van der Waals surface area (Å²) in [5, 5.41) is 12.7. The van der Waals surface area contributed by atoms with Gasteiger partial charge in [-0.2, -0.15) is 0 Å². The molecule has 2 aromatic rings. The Morgan fingerprint density at radius 1 is 1.00 bits per heavy atom. The summed E-state index contributed by atoms with van der Waals surface area (Å²) in [7, 11) is 0. The van der Waals surface area contributed by atoms with Crippen LogP contribution in [0.4, 0.5) is 0 Å². The molecule has 4 nitrogen and oxygen atoms in total. The number of benzene rings is 2. The monoisotopic (exact) mass is 361 g/mol. The predicted octanol–water partition coefficient (Wildman–Crippen LogP) is 3.96. The lowest BCUT2D eigenvalue weighted by molar-refractivity contribution is -0.122. The summed E-state index contributed by atoms with van der Waals surface area (Å²) in [5.74, 6) is -0.0223. The third-order valence-corrected chi connectivity index (χ3v) is 5.67. The molecular formula is C23H23NO3. The maximum atomic E-state index is 13.0. The average Bonchev–Trinajstić information content (AvgIpc) is 2.67. The van der Waals surface area contributed by atoms with Crippen LogP contribution in [0.15, 0.2) is 59.8 Å². The van der Waals surface area contributed by atoms with Crippen molar-refractivity contribution in [3.63, 3.8) is 0 Å². The Morgan fingerprint density at radius 2 is 1.78 bits per heavy atom. The Bertz CT molecular complexity index is 927. The first kappa shape index (κ1) is 17.5. The van der Waals surface area contributed by atoms with Gasteiger partial charge in [-0.15, -0.1) is 0 Å². The van der Waals surface area contributed by atoms with Gasteiger partial charge in [0.25, 0.3) is 0 Å². The lowest BCUT2D eigenvalue weighted by atomic mass is 9.73. The minimum Gasteiger partial charge on any atom is -0.508 e. The Kier molecular flexibility index (Phi) is 4.56. The van der Waals surface area contributed by atoms with Gasteiger partial charge < -0.3 is 10.4 Å². The minimum absolute atomic E-state index is 0.0723. The fourth-order valence-corrected chi connectivity index (χ4v) is 4.25. The number of carbonyl (C=O) groups is 2. The molecule has 0 spiro atoms. The number of amides is 1. The Labute approximate surface area is 158 Å². The highest BCUT2D eigenvalue weighted by atomic mass is 16.3. The highest BCUT2D eigenvalue weighted by molar-refractivity contribution is 6.02. The molecule has 138 valence electrons. The summed E-state index contributed by atoms with van der Waals surface area (Å²) in [6, 6.07) is 15.3. The van der Waals surface area contributed by atoms with Crippen molar-refractivity contribution >= 4 is 11.7 Å². The quantitative estimate of drug-likeness (QED) is 0.870. The third-order valence-electron chi connectivity index (χ3n) is 5.67. The molecule has 1 aliphatic carbocycles. The third kappa shape index (κ3) is 3.39. The number of Topliss-reactive ketones (excluding diaryl/α,β-unsaturated/α-hetero) is 1. The molecule has 0 saturated heterocycles. The van der Waals surface area contributed by atoms with Crippen LogP contribution < -0.4 is 5.32 Å². The smallest absolute Gasteiger partial charge is 0.225 e. The van der Waals surface area contributed by atoms with Crippen LogP contribution in [0.5, 0.6) is 5.75 Å². The highest BCUT2D eigenvalue weighted by Crippen LogP contribution is 2.42. The lowest BCUT2D eigenvalue weighted by Crippen LogP contribution is -2.38. The van der Waals surface area contributed by atoms with Gasteiger partial charge in [0.05, 0.1) is 0 Å². The van der Waals surface area contributed by atoms with Gasteiger partial charge in [-0.3, -0.25) is 9.59 Å². The maximum Gasteiger partial charge on any atom is 0.225 e. The number of phenols is 1. The van der Waals surface area contributed by atoms with Crippen molar-refractivity contribution in [2.45, 2.75) is 44.4 Å². The number of allylic oxidation sites excluding steroid dienone is 2. The summed E-state index contributed by atoms with van der Waals surface area (Å²) in [6.07, 6.45) is 2.34. The van der Waals surface area contributed by atoms with E-state index in [1.54, 1.807) is 18.2 Å². The van der Waals surface area contributed by atoms with Gasteiger partial charge in [0, 0.05) is 30.0 Å². The molecule has 0 fully saturated rings. The Balaban J connectivity index is 1.68. The summed E-state index contributed by atoms with van der Waals surface area (Å²) in [5.41, 5.74) is 4.69. The van der Waals surface area contributed by atoms with Gasteiger partial charge in [-0.25, -0.2) is 0 Å². The first-order valence-corrected chi connectivity index (χ1v) is 9.49. The van der Waals surface area contributed by atoms with Crippen molar-refractivity contribution in [1.82, 2.24) is 5.32 Å². The van der Waals surface area contributed by atoms with Crippen LogP contribution in [0.1, 0.15) is 54.7 Å². The van der Waals surface area contributed by atoms with Crippen molar-refractivity contribution in [1.29, 1.82) is 0 Å². The van der Waals surface area contributed by atoms with E-state index >= 15 is 0 Å². The standard InChI is InChI=1S/C23H23NO3/c1-2-14-6-8-15(9-7-14)17-11-20-23(21(26)12-17)19(13-22(27)24-20)16-4-3-5-18(25)10-16/h3-10,17,19,25H,2,11-13H2,1H3,(H,24,27). The van der Waals surface area contributed by atoms with Gasteiger partial charge in [0.1, 0.15) is 5.75 Å². The van der Waals surface area contributed by atoms with Crippen LogP contribution in [-0.4, -0.2) is 16.8 Å². The van der Waals surface area contributed by atoms with Gasteiger partial charge >= 0.3 is 0 Å². The van der Waals surface area contributed by atoms with Crippen molar-refractivity contribution in [2.75, 3.05) is 0 Å². The number of nitrogens with one attached hydrogen (secondary N) is 1. The van der Waals surface area contributed by atoms with E-state index in [0.717, 1.165) is 23.2 Å². The first-order valence-electron chi connectivity index (χ1n) is 9.49. The molecular weight excluding hydrogens is 338 g/mol. The molecule has 2 aliphatic rings. The fourth-order valence-electron chi connectivity index (χ4n) is 4.25. The second kappa shape index (κ2) is 7.03. The van der Waals surface area contributed by atoms with Crippen molar-refractivity contribution in [3.8, 4) is 5.75 Å². The normalized spacial score (nSPS) is 22.4. The Hall–Kier alpha value is -2.88. The SMILES string of the molecule is CCc1ccc(C2CC(=O)C3=C(C2)NC(=O)CC3c2cccc(O)c2)cc1. The second-order valence-corrected chi connectivity index (χ2v) is 7.42. The van der Waals surface area contributed by atoms with Crippen molar-refractivity contribution in [3.05, 3.63) is 76.5 Å². The molecule has 2 atom stereocenters. The van der Waals surface area contributed by atoms with E-state index in [-0.39, 0.29) is 35.7 Å². The molecule has 1 heterocycles. The van der Waals surface area contributed by atoms with Crippen molar-refractivity contribution < 1.29 is 14.7 Å². The van der Waals surface area contributed by atoms with E-state index < -0.39 is 0 Å². The predicted molar refractivity (Wildman–Crippen MR) is 103 cm³/mol. The van der Waals surface area contributed by atoms with Gasteiger partial charge in [-0.05, 0) is 47.6 Å². The number of aryl methyl sites for hydroxylation is 1. The van der Waals surface area contributed by atoms with Crippen LogP contribution in [-0.2, 0) is 16.0 Å². The average molecular weight is 361 g/mol. The molecule has 2 unspecified atom stereocenters. The van der Waals surface area contributed by atoms with E-state index in [1.807, 2.05) is 6.07 Å². The fraction of sp³-hybridized carbons (Fsp3) is 0.304. The number of rotatable bonds is 3. The number of aromatic hydroxyl groups is 1. The maximum absolute atomic E-state index is 13.0. The second-order valence-electron chi connectivity index (χ2n) is 7.42. The number of hydrogen-bond donors (Lipinski definition) is 2. The molecule has 1 amide bonds. The summed E-state index contributed by atoms with van der Waals surface area (Å²) in [4.78, 5) is 25.3. The van der Waals surface area contributed by atoms with Gasteiger partial charge in [-0.1, -0.05) is 43.3 Å². The van der Waals surface area contributed by atoms with Crippen LogP contribution in [0.3, 0.4) is 0 Å². The number of hydrogen-bond acceptors (Lipinski definition) is 3. The highest BCUT2D eigenvalue weighted by Gasteiger charge is 2.38. The molecule has 4 heteroatoms. The molecule has 2 aromatic carbocycles. The summed E-state index contributed by atoms with van der Waals surface area (Å²) in [6.45, 7) is 2.12. The summed E-state index contributed by atoms with van der Waals surface area (Å²) >= 11 is 0. The molecule has 27 heavy (non-hydrogen) atoms. The molecule has 4 rings (SSSR count). The molecule has 0 radical (unpaired) electrons. The molecule has 0 saturated carbocycles. The van der Waals surface area contributed by atoms with Gasteiger partial charge in [0.2, 0.25) is 5.91 Å². The van der Waals surface area contributed by atoms with Crippen molar-refractivity contribution in [2.24, 2.45) is 0 Å². The van der Waals surface area contributed by atoms with E-state index in [4.69, 9.17) is 0 Å². The van der Waals surface area contributed by atoms with E-state index in [9.17, 15) is 14.7 Å². The van der Waals surface area contributed by atoms with Gasteiger partial charge in [0.15, 0.2) is 5.78 Å². The van der Waals surface area contributed by atoms with Crippen LogP contribution >= 0.6 is 0 Å². The summed E-state index contributed by atoms with van der Waals surface area (Å²) < 4.78 is 0.